The summed E-state index contributed by atoms with van der Waals surface area (Å²) in [6, 6.07) is 6.77. The summed E-state index contributed by atoms with van der Waals surface area (Å²) in [5.41, 5.74) is -1.50. The van der Waals surface area contributed by atoms with Gasteiger partial charge in [0.05, 0.1) is 12.7 Å². The van der Waals surface area contributed by atoms with Crippen molar-refractivity contribution in [1.29, 1.82) is 0 Å². The van der Waals surface area contributed by atoms with Crippen molar-refractivity contribution in [2.75, 3.05) is 7.11 Å². The van der Waals surface area contributed by atoms with E-state index in [-0.39, 0.29) is 22.6 Å². The summed E-state index contributed by atoms with van der Waals surface area (Å²) in [6.07, 6.45) is 0. The Bertz CT molecular complexity index is 863. The van der Waals surface area contributed by atoms with Crippen LogP contribution in [0.4, 0.5) is 0 Å². The third-order valence-electron chi connectivity index (χ3n) is 3.92. The maximum Gasteiger partial charge on any atom is 0.342 e. The first-order chi connectivity index (χ1) is 10.8. The Morgan fingerprint density at radius 2 is 1.74 bits per heavy atom. The fourth-order valence-corrected chi connectivity index (χ4v) is 2.73. The summed E-state index contributed by atoms with van der Waals surface area (Å²) in [7, 11) is 1.16. The van der Waals surface area contributed by atoms with E-state index in [0.717, 1.165) is 7.11 Å². The number of rotatable bonds is 1. The first kappa shape index (κ1) is 15.0. The Labute approximate surface area is 132 Å². The molecule has 2 aromatic carbocycles. The lowest BCUT2D eigenvalue weighted by Gasteiger charge is -2.33. The van der Waals surface area contributed by atoms with E-state index >= 15 is 0 Å². The standard InChI is InChI=1S/C17H16O6/c1-17(2)15(20)13(19)10-11(16(21)22-3)12(18)8-6-4-5-7-9(8)14(10)23-17/h4-7,18-20H,1-3H3. The van der Waals surface area contributed by atoms with Gasteiger partial charge >= 0.3 is 5.97 Å². The summed E-state index contributed by atoms with van der Waals surface area (Å²) in [5.74, 6) is -1.91. The Kier molecular flexibility index (Phi) is 3.14. The van der Waals surface area contributed by atoms with E-state index in [1.54, 1.807) is 38.1 Å². The number of phenols is 1. The van der Waals surface area contributed by atoms with Gasteiger partial charge in [0.25, 0.3) is 0 Å². The second kappa shape index (κ2) is 4.81. The fourth-order valence-electron chi connectivity index (χ4n) is 2.73. The second-order valence-electron chi connectivity index (χ2n) is 5.77. The van der Waals surface area contributed by atoms with Crippen LogP contribution in [0.3, 0.4) is 0 Å². The normalized spacial score (nSPS) is 16.0. The number of fused-ring (bicyclic) bond motifs is 3. The van der Waals surface area contributed by atoms with Gasteiger partial charge in [-0.1, -0.05) is 24.3 Å². The number of aliphatic hydroxyl groups excluding tert-OH is 2. The average Bonchev–Trinajstić information content (AvgIpc) is 2.53. The van der Waals surface area contributed by atoms with Crippen LogP contribution in [0.1, 0.15) is 29.8 Å². The highest BCUT2D eigenvalue weighted by Crippen LogP contribution is 2.48. The number of carbonyl (C=O) groups is 1. The number of ether oxygens (including phenoxy) is 2. The molecule has 0 aliphatic carbocycles. The monoisotopic (exact) mass is 316 g/mol. The smallest absolute Gasteiger partial charge is 0.342 e. The highest BCUT2D eigenvalue weighted by atomic mass is 16.5. The number of aliphatic hydroxyl groups is 2. The predicted octanol–water partition coefficient (Wildman–Crippen LogP) is 3.29. The number of esters is 1. The van der Waals surface area contributed by atoms with Crippen LogP contribution in [0.5, 0.6) is 11.5 Å². The average molecular weight is 316 g/mol. The van der Waals surface area contributed by atoms with Crippen LogP contribution in [0.15, 0.2) is 30.0 Å². The van der Waals surface area contributed by atoms with Gasteiger partial charge in [0.15, 0.2) is 17.1 Å². The highest BCUT2D eigenvalue weighted by Gasteiger charge is 2.40. The third-order valence-corrected chi connectivity index (χ3v) is 3.92. The Morgan fingerprint density at radius 3 is 2.35 bits per heavy atom. The zero-order valence-corrected chi connectivity index (χ0v) is 12.9. The predicted molar refractivity (Wildman–Crippen MR) is 83.8 cm³/mol. The van der Waals surface area contributed by atoms with Crippen molar-refractivity contribution in [3.05, 3.63) is 41.2 Å². The van der Waals surface area contributed by atoms with Crippen LogP contribution in [0, 0.1) is 0 Å². The summed E-state index contributed by atoms with van der Waals surface area (Å²) in [5, 5.41) is 31.9. The van der Waals surface area contributed by atoms with Crippen LogP contribution in [0.2, 0.25) is 0 Å². The molecule has 0 saturated carbocycles. The van der Waals surface area contributed by atoms with Crippen LogP contribution in [-0.4, -0.2) is 34.0 Å². The van der Waals surface area contributed by atoms with Crippen LogP contribution in [-0.2, 0) is 4.74 Å². The molecule has 6 heteroatoms. The third kappa shape index (κ3) is 1.98. The quantitative estimate of drug-likeness (QED) is 0.699. The lowest BCUT2D eigenvalue weighted by molar-refractivity contribution is 0.0589. The molecule has 3 N–H and O–H groups in total. The van der Waals surface area contributed by atoms with Crippen LogP contribution < -0.4 is 4.74 Å². The van der Waals surface area contributed by atoms with E-state index in [9.17, 15) is 20.1 Å². The van der Waals surface area contributed by atoms with Crippen molar-refractivity contribution in [1.82, 2.24) is 0 Å². The topological polar surface area (TPSA) is 96.2 Å². The van der Waals surface area contributed by atoms with Gasteiger partial charge in [-0.05, 0) is 13.8 Å². The number of hydrogen-bond acceptors (Lipinski definition) is 6. The Balaban J connectivity index is 2.53. The lowest BCUT2D eigenvalue weighted by Crippen LogP contribution is -2.35. The number of phenolic OH excluding ortho intramolecular Hbond substituents is 1. The van der Waals surface area contributed by atoms with Crippen molar-refractivity contribution in [2.45, 2.75) is 19.4 Å². The summed E-state index contributed by atoms with van der Waals surface area (Å²) in [6.45, 7) is 3.17. The maximum absolute atomic E-state index is 12.1. The van der Waals surface area contributed by atoms with E-state index in [1.807, 2.05) is 0 Å². The van der Waals surface area contributed by atoms with Gasteiger partial charge in [-0.2, -0.15) is 0 Å². The van der Waals surface area contributed by atoms with Gasteiger partial charge in [0, 0.05) is 10.8 Å². The summed E-state index contributed by atoms with van der Waals surface area (Å²) >= 11 is 0. The second-order valence-corrected chi connectivity index (χ2v) is 5.77. The Morgan fingerprint density at radius 1 is 1.13 bits per heavy atom. The first-order valence-electron chi connectivity index (χ1n) is 6.97. The minimum atomic E-state index is -1.18. The van der Waals surface area contributed by atoms with Crippen molar-refractivity contribution in [3.8, 4) is 11.5 Å². The SMILES string of the molecule is COC(=O)c1c2c(c3ccccc3c1O)OC(C)(C)C(O)=C2O. The van der Waals surface area contributed by atoms with Gasteiger partial charge in [-0.25, -0.2) is 4.79 Å². The molecule has 0 aromatic heterocycles. The molecule has 0 saturated heterocycles. The molecule has 0 radical (unpaired) electrons. The fraction of sp³-hybridized carbons (Fsp3) is 0.235. The molecular formula is C17H16O6. The molecule has 0 amide bonds. The Hall–Kier alpha value is -2.89. The molecule has 120 valence electrons. The number of hydrogen-bond donors (Lipinski definition) is 3. The number of carbonyl (C=O) groups excluding carboxylic acids is 1. The minimum absolute atomic E-state index is 0.0788. The zero-order valence-electron chi connectivity index (χ0n) is 12.9. The van der Waals surface area contributed by atoms with Gasteiger partial charge in [0.1, 0.15) is 17.1 Å². The van der Waals surface area contributed by atoms with Gasteiger partial charge in [0.2, 0.25) is 0 Å². The van der Waals surface area contributed by atoms with Crippen molar-refractivity contribution in [2.24, 2.45) is 0 Å². The van der Waals surface area contributed by atoms with Gasteiger partial charge < -0.3 is 24.8 Å². The summed E-state index contributed by atoms with van der Waals surface area (Å²) < 4.78 is 10.5. The van der Waals surface area contributed by atoms with Crippen molar-refractivity contribution in [3.63, 3.8) is 0 Å². The van der Waals surface area contributed by atoms with Crippen molar-refractivity contribution >= 4 is 22.5 Å². The molecule has 0 bridgehead atoms. The molecule has 0 fully saturated rings. The molecule has 0 atom stereocenters. The van der Waals surface area contributed by atoms with E-state index in [1.165, 1.54) is 0 Å². The van der Waals surface area contributed by atoms with Crippen LogP contribution in [0.25, 0.3) is 16.5 Å². The number of benzene rings is 2. The molecule has 3 rings (SSSR count). The van der Waals surface area contributed by atoms with Gasteiger partial charge in [-0.15, -0.1) is 0 Å². The van der Waals surface area contributed by atoms with E-state index < -0.39 is 23.1 Å². The molecule has 0 unspecified atom stereocenters. The first-order valence-corrected chi connectivity index (χ1v) is 6.97. The molecular weight excluding hydrogens is 300 g/mol. The van der Waals surface area contributed by atoms with Crippen molar-refractivity contribution < 1.29 is 29.6 Å². The molecule has 2 aromatic rings. The molecule has 1 aliphatic rings. The minimum Gasteiger partial charge on any atom is -0.506 e. The molecule has 6 nitrogen and oxygen atoms in total. The maximum atomic E-state index is 12.1. The van der Waals surface area contributed by atoms with Gasteiger partial charge in [-0.3, -0.25) is 0 Å². The molecule has 0 spiro atoms. The van der Waals surface area contributed by atoms with E-state index in [0.29, 0.717) is 10.8 Å². The number of methoxy groups -OCH3 is 1. The summed E-state index contributed by atoms with van der Waals surface area (Å²) in [4.78, 5) is 12.1. The van der Waals surface area contributed by atoms with Crippen LogP contribution >= 0.6 is 0 Å². The molecule has 1 aliphatic heterocycles. The zero-order chi connectivity index (χ0) is 16.9. The lowest BCUT2D eigenvalue weighted by atomic mass is 9.91. The van der Waals surface area contributed by atoms with E-state index in [2.05, 4.69) is 0 Å². The number of aromatic hydroxyl groups is 1. The van der Waals surface area contributed by atoms with E-state index in [4.69, 9.17) is 9.47 Å². The molecule has 23 heavy (non-hydrogen) atoms. The molecule has 1 heterocycles. The highest BCUT2D eigenvalue weighted by molar-refractivity contribution is 6.09. The largest absolute Gasteiger partial charge is 0.506 e.